The van der Waals surface area contributed by atoms with Crippen LogP contribution in [0.4, 0.5) is 0 Å². The normalized spacial score (nSPS) is 22.8. The Bertz CT molecular complexity index is 1240. The highest BCUT2D eigenvalue weighted by Gasteiger charge is 2.46. The molecule has 37 heavy (non-hydrogen) atoms. The SMILES string of the molecule is CC(C)(C1NC(Cc2ccccc2)c2ccccc2O1)C1NC(Cc2ccccc2)c2ccccc2O1. The van der Waals surface area contributed by atoms with Crippen LogP contribution in [0.25, 0.3) is 0 Å². The molecule has 4 aromatic carbocycles. The number of fused-ring (bicyclic) bond motifs is 2. The van der Waals surface area contributed by atoms with E-state index in [-0.39, 0.29) is 30.0 Å². The third kappa shape index (κ3) is 4.87. The van der Waals surface area contributed by atoms with Crippen molar-refractivity contribution in [3.8, 4) is 11.5 Å². The highest BCUT2D eigenvalue weighted by atomic mass is 16.5. The highest BCUT2D eigenvalue weighted by molar-refractivity contribution is 5.41. The quantitative estimate of drug-likeness (QED) is 0.320. The van der Waals surface area contributed by atoms with E-state index < -0.39 is 0 Å². The Kier molecular flexibility index (Phi) is 6.45. The van der Waals surface area contributed by atoms with Crippen LogP contribution in [-0.4, -0.2) is 12.5 Å². The lowest BCUT2D eigenvalue weighted by Crippen LogP contribution is -2.61. The molecule has 4 nitrogen and oxygen atoms in total. The van der Waals surface area contributed by atoms with Gasteiger partial charge in [0.2, 0.25) is 0 Å². The predicted molar refractivity (Wildman–Crippen MR) is 148 cm³/mol. The first-order valence-corrected chi connectivity index (χ1v) is 13.2. The molecule has 0 amide bonds. The van der Waals surface area contributed by atoms with Crippen molar-refractivity contribution in [2.45, 2.75) is 51.2 Å². The van der Waals surface area contributed by atoms with Crippen LogP contribution in [0, 0.1) is 5.41 Å². The maximum Gasteiger partial charge on any atom is 0.160 e. The summed E-state index contributed by atoms with van der Waals surface area (Å²) < 4.78 is 13.3. The van der Waals surface area contributed by atoms with Crippen molar-refractivity contribution in [2.75, 3.05) is 0 Å². The Hall–Kier alpha value is -3.60. The Morgan fingerprint density at radius 3 is 1.35 bits per heavy atom. The van der Waals surface area contributed by atoms with Crippen molar-refractivity contribution in [2.24, 2.45) is 5.41 Å². The lowest BCUT2D eigenvalue weighted by molar-refractivity contribution is -0.0749. The van der Waals surface area contributed by atoms with E-state index >= 15 is 0 Å². The first-order valence-electron chi connectivity index (χ1n) is 13.2. The van der Waals surface area contributed by atoms with Gasteiger partial charge in [-0.2, -0.15) is 0 Å². The van der Waals surface area contributed by atoms with Gasteiger partial charge in [0.1, 0.15) is 11.5 Å². The first-order chi connectivity index (χ1) is 18.1. The van der Waals surface area contributed by atoms with Crippen LogP contribution in [0.1, 0.15) is 48.2 Å². The van der Waals surface area contributed by atoms with Crippen LogP contribution in [0.5, 0.6) is 11.5 Å². The molecule has 0 saturated carbocycles. The Labute approximate surface area is 219 Å². The molecule has 2 aliphatic heterocycles. The van der Waals surface area contributed by atoms with Gasteiger partial charge < -0.3 is 9.47 Å². The van der Waals surface area contributed by atoms with Crippen molar-refractivity contribution in [3.63, 3.8) is 0 Å². The van der Waals surface area contributed by atoms with Gasteiger partial charge in [-0.1, -0.05) is 111 Å². The van der Waals surface area contributed by atoms with Gasteiger partial charge in [-0.25, -0.2) is 0 Å². The lowest BCUT2D eigenvalue weighted by Gasteiger charge is -2.47. The average molecular weight is 491 g/mol. The van der Waals surface area contributed by atoms with E-state index in [1.807, 2.05) is 0 Å². The summed E-state index contributed by atoms with van der Waals surface area (Å²) in [6.07, 6.45) is 1.31. The van der Waals surface area contributed by atoms with E-state index in [1.54, 1.807) is 0 Å². The minimum atomic E-state index is -0.384. The summed E-state index contributed by atoms with van der Waals surface area (Å²) in [6, 6.07) is 38.4. The number of nitrogens with one attached hydrogen (secondary N) is 2. The van der Waals surface area contributed by atoms with Gasteiger partial charge >= 0.3 is 0 Å². The Morgan fingerprint density at radius 1 is 0.541 bits per heavy atom. The molecular formula is C33H34N2O2. The van der Waals surface area contributed by atoms with E-state index in [9.17, 15) is 0 Å². The summed E-state index contributed by atoms with van der Waals surface area (Å²) in [5.74, 6) is 1.88. The fraction of sp³-hybridized carbons (Fsp3) is 0.273. The average Bonchev–Trinajstić information content (AvgIpc) is 2.94. The molecule has 188 valence electrons. The van der Waals surface area contributed by atoms with Gasteiger partial charge in [0, 0.05) is 23.2 Å². The molecule has 2 aliphatic rings. The number of hydrogen-bond acceptors (Lipinski definition) is 4. The van der Waals surface area contributed by atoms with Crippen LogP contribution in [0.2, 0.25) is 0 Å². The summed E-state index contributed by atoms with van der Waals surface area (Å²) >= 11 is 0. The molecule has 0 aliphatic carbocycles. The second-order valence-electron chi connectivity index (χ2n) is 10.7. The molecule has 4 unspecified atom stereocenters. The van der Waals surface area contributed by atoms with Gasteiger partial charge in [0.15, 0.2) is 12.5 Å². The third-order valence-electron chi connectivity index (χ3n) is 7.70. The van der Waals surface area contributed by atoms with Crippen molar-refractivity contribution in [1.82, 2.24) is 10.6 Å². The molecule has 6 rings (SSSR count). The number of hydrogen-bond donors (Lipinski definition) is 2. The van der Waals surface area contributed by atoms with E-state index in [1.165, 1.54) is 22.3 Å². The summed E-state index contributed by atoms with van der Waals surface area (Å²) in [5.41, 5.74) is 4.62. The summed E-state index contributed by atoms with van der Waals surface area (Å²) in [5, 5.41) is 7.68. The van der Waals surface area contributed by atoms with Crippen LogP contribution >= 0.6 is 0 Å². The van der Waals surface area contributed by atoms with Gasteiger partial charge in [-0.3, -0.25) is 10.6 Å². The minimum Gasteiger partial charge on any atom is -0.474 e. The monoisotopic (exact) mass is 490 g/mol. The Morgan fingerprint density at radius 2 is 0.919 bits per heavy atom. The summed E-state index contributed by atoms with van der Waals surface area (Å²) in [6.45, 7) is 4.45. The van der Waals surface area contributed by atoms with Crippen LogP contribution in [0.3, 0.4) is 0 Å². The predicted octanol–water partition coefficient (Wildman–Crippen LogP) is 6.60. The van der Waals surface area contributed by atoms with Gasteiger partial charge in [-0.05, 0) is 36.1 Å². The van der Waals surface area contributed by atoms with Crippen molar-refractivity contribution in [1.29, 1.82) is 0 Å². The topological polar surface area (TPSA) is 42.5 Å². The zero-order valence-corrected chi connectivity index (χ0v) is 21.4. The second kappa shape index (κ2) is 10.0. The molecule has 0 saturated heterocycles. The van der Waals surface area contributed by atoms with Gasteiger partial charge in [0.25, 0.3) is 0 Å². The lowest BCUT2D eigenvalue weighted by atomic mass is 9.83. The zero-order valence-electron chi connectivity index (χ0n) is 21.4. The van der Waals surface area contributed by atoms with Crippen LogP contribution < -0.4 is 20.1 Å². The first kappa shape index (κ1) is 23.8. The highest BCUT2D eigenvalue weighted by Crippen LogP contribution is 2.42. The van der Waals surface area contributed by atoms with Crippen molar-refractivity contribution in [3.05, 3.63) is 131 Å². The molecule has 4 heteroatoms. The molecule has 0 radical (unpaired) electrons. The Balaban J connectivity index is 1.29. The molecule has 0 spiro atoms. The van der Waals surface area contributed by atoms with E-state index in [2.05, 4.69) is 134 Å². The van der Waals surface area contributed by atoms with Gasteiger partial charge in [-0.15, -0.1) is 0 Å². The fourth-order valence-corrected chi connectivity index (χ4v) is 5.53. The van der Waals surface area contributed by atoms with Crippen molar-refractivity contribution >= 4 is 0 Å². The molecule has 2 N–H and O–H groups in total. The molecule has 0 bridgehead atoms. The number of ether oxygens (including phenoxy) is 2. The third-order valence-corrected chi connectivity index (χ3v) is 7.70. The maximum absolute atomic E-state index is 6.63. The molecule has 4 aromatic rings. The number of rotatable bonds is 6. The number of para-hydroxylation sites is 2. The standard InChI is InChI=1S/C33H34N2O2/c1-33(2,31-34-27(21-23-13-5-3-6-14-23)25-17-9-11-19-29(25)36-31)32-35-28(22-24-15-7-4-8-16-24)26-18-10-12-20-30(26)37-32/h3-20,27-28,31-32,34-35H,21-22H2,1-2H3. The van der Waals surface area contributed by atoms with Gasteiger partial charge in [0.05, 0.1) is 5.41 Å². The van der Waals surface area contributed by atoms with Crippen molar-refractivity contribution < 1.29 is 9.47 Å². The molecule has 2 heterocycles. The molecule has 4 atom stereocenters. The molecule has 0 aromatic heterocycles. The minimum absolute atomic E-state index is 0.146. The summed E-state index contributed by atoms with van der Waals surface area (Å²) in [7, 11) is 0. The molecule has 0 fully saturated rings. The maximum atomic E-state index is 6.63. The fourth-order valence-electron chi connectivity index (χ4n) is 5.53. The van der Waals surface area contributed by atoms with E-state index in [0.717, 1.165) is 24.3 Å². The molecular weight excluding hydrogens is 456 g/mol. The summed E-state index contributed by atoms with van der Waals surface area (Å²) in [4.78, 5) is 0. The van der Waals surface area contributed by atoms with E-state index in [0.29, 0.717) is 0 Å². The van der Waals surface area contributed by atoms with Crippen LogP contribution in [0.15, 0.2) is 109 Å². The second-order valence-corrected chi connectivity index (χ2v) is 10.7. The van der Waals surface area contributed by atoms with E-state index in [4.69, 9.17) is 9.47 Å². The van der Waals surface area contributed by atoms with Crippen LogP contribution in [-0.2, 0) is 12.8 Å². The largest absolute Gasteiger partial charge is 0.474 e. The smallest absolute Gasteiger partial charge is 0.160 e. The zero-order chi connectivity index (χ0) is 25.2. The number of benzene rings is 4.